The maximum Gasteiger partial charge on any atom is 0.211 e. The third kappa shape index (κ3) is 3.23. The van der Waals surface area contributed by atoms with Crippen LogP contribution in [0.4, 0.5) is 0 Å². The normalized spacial score (nSPS) is 22.6. The van der Waals surface area contributed by atoms with E-state index >= 15 is 0 Å². The van der Waals surface area contributed by atoms with E-state index < -0.39 is 10.0 Å². The summed E-state index contributed by atoms with van der Waals surface area (Å²) in [7, 11) is -3.10. The van der Waals surface area contributed by atoms with Crippen molar-refractivity contribution in [1.29, 1.82) is 0 Å². The molecule has 0 saturated carbocycles. The first-order chi connectivity index (χ1) is 7.97. The van der Waals surface area contributed by atoms with Gasteiger partial charge in [0.1, 0.15) is 4.60 Å². The second-order valence-corrected chi connectivity index (χ2v) is 7.02. The molecule has 0 aromatic carbocycles. The summed E-state index contributed by atoms with van der Waals surface area (Å²) < 4.78 is 25.2. The highest BCUT2D eigenvalue weighted by atomic mass is 79.9. The molecule has 0 spiro atoms. The first-order valence-electron chi connectivity index (χ1n) is 5.39. The molecule has 7 heteroatoms. The monoisotopic (exact) mass is 319 g/mol. The molecule has 1 fully saturated rings. The summed E-state index contributed by atoms with van der Waals surface area (Å²) in [5.74, 6) is 0.152. The minimum atomic E-state index is -3.10. The maximum absolute atomic E-state index is 11.5. The Bertz CT molecular complexity index is 489. The quantitative estimate of drug-likeness (QED) is 0.826. The highest BCUT2D eigenvalue weighted by Gasteiger charge is 2.27. The van der Waals surface area contributed by atoms with Crippen LogP contribution in [-0.4, -0.2) is 42.0 Å². The van der Waals surface area contributed by atoms with Crippen molar-refractivity contribution < 1.29 is 8.42 Å². The molecule has 2 rings (SSSR count). The number of piperidine rings is 1. The molecule has 5 nitrogen and oxygen atoms in total. The van der Waals surface area contributed by atoms with Crippen LogP contribution in [0.2, 0.25) is 0 Å². The largest absolute Gasteiger partial charge is 0.257 e. The number of halogens is 1. The molecule has 1 unspecified atom stereocenters. The number of rotatable bonds is 2. The molecule has 0 amide bonds. The molecule has 94 valence electrons. The summed E-state index contributed by atoms with van der Waals surface area (Å²) in [6.45, 7) is 1.12. The molecular formula is C10H14BrN3O2S. The Balaban J connectivity index is 2.15. The fourth-order valence-electron chi connectivity index (χ4n) is 2.02. The number of aromatic nitrogens is 2. The third-order valence-corrected chi connectivity index (χ3v) is 4.59. The average molecular weight is 320 g/mol. The van der Waals surface area contributed by atoms with Crippen molar-refractivity contribution >= 4 is 26.0 Å². The van der Waals surface area contributed by atoms with Gasteiger partial charge in [0.2, 0.25) is 10.0 Å². The van der Waals surface area contributed by atoms with Crippen molar-refractivity contribution in [3.63, 3.8) is 0 Å². The van der Waals surface area contributed by atoms with Gasteiger partial charge < -0.3 is 0 Å². The van der Waals surface area contributed by atoms with Crippen LogP contribution in [0.25, 0.3) is 0 Å². The Morgan fingerprint density at radius 3 is 2.76 bits per heavy atom. The van der Waals surface area contributed by atoms with Crippen LogP contribution in [0.3, 0.4) is 0 Å². The molecule has 1 aromatic heterocycles. The lowest BCUT2D eigenvalue weighted by Gasteiger charge is -2.30. The number of nitrogens with zero attached hydrogens (tertiary/aromatic N) is 3. The minimum Gasteiger partial charge on any atom is -0.257 e. The molecule has 1 aromatic rings. The average Bonchev–Trinajstić information content (AvgIpc) is 2.29. The lowest BCUT2D eigenvalue weighted by molar-refractivity contribution is 0.314. The van der Waals surface area contributed by atoms with Crippen LogP contribution in [0.1, 0.15) is 24.5 Å². The molecule has 1 aliphatic rings. The van der Waals surface area contributed by atoms with Crippen LogP contribution in [0.5, 0.6) is 0 Å². The van der Waals surface area contributed by atoms with E-state index in [4.69, 9.17) is 0 Å². The van der Waals surface area contributed by atoms with Crippen LogP contribution in [-0.2, 0) is 10.0 Å². The number of hydrogen-bond acceptors (Lipinski definition) is 4. The molecule has 0 N–H and O–H groups in total. The third-order valence-electron chi connectivity index (χ3n) is 2.91. The summed E-state index contributed by atoms with van der Waals surface area (Å²) in [5.41, 5.74) is 0.863. The Kier molecular flexibility index (Phi) is 3.79. The molecule has 1 atom stereocenters. The Morgan fingerprint density at radius 1 is 1.41 bits per heavy atom. The first-order valence-corrected chi connectivity index (χ1v) is 8.03. The van der Waals surface area contributed by atoms with Gasteiger partial charge in [0.25, 0.3) is 0 Å². The highest BCUT2D eigenvalue weighted by molar-refractivity contribution is 9.10. The van der Waals surface area contributed by atoms with Crippen LogP contribution < -0.4 is 0 Å². The van der Waals surface area contributed by atoms with E-state index in [0.29, 0.717) is 17.7 Å². The zero-order chi connectivity index (χ0) is 12.5. The Hall–Kier alpha value is -0.530. The van der Waals surface area contributed by atoms with Crippen molar-refractivity contribution in [2.24, 2.45) is 0 Å². The van der Waals surface area contributed by atoms with Crippen molar-refractivity contribution in [3.05, 3.63) is 22.7 Å². The zero-order valence-corrected chi connectivity index (χ0v) is 11.9. The molecule has 1 saturated heterocycles. The lowest BCUT2D eigenvalue weighted by Crippen LogP contribution is -2.38. The SMILES string of the molecule is CS(=O)(=O)N1CCCC(c2cnc(Br)cn2)C1. The summed E-state index contributed by atoms with van der Waals surface area (Å²) in [6.07, 6.45) is 6.44. The van der Waals surface area contributed by atoms with Gasteiger partial charge in [-0.2, -0.15) is 0 Å². The van der Waals surface area contributed by atoms with E-state index in [9.17, 15) is 8.42 Å². The van der Waals surface area contributed by atoms with Gasteiger partial charge in [-0.3, -0.25) is 4.98 Å². The molecular weight excluding hydrogens is 306 g/mol. The van der Waals surface area contributed by atoms with Crippen molar-refractivity contribution in [1.82, 2.24) is 14.3 Å². The van der Waals surface area contributed by atoms with Crippen LogP contribution in [0, 0.1) is 0 Å². The zero-order valence-electron chi connectivity index (χ0n) is 9.50. The topological polar surface area (TPSA) is 63.2 Å². The minimum absolute atomic E-state index is 0.152. The molecule has 0 aliphatic carbocycles. The van der Waals surface area contributed by atoms with Crippen LogP contribution in [0.15, 0.2) is 17.0 Å². The predicted molar refractivity (Wildman–Crippen MR) is 68.1 cm³/mol. The number of sulfonamides is 1. The van der Waals surface area contributed by atoms with Crippen molar-refractivity contribution in [3.8, 4) is 0 Å². The van der Waals surface area contributed by atoms with Gasteiger partial charge in [-0.25, -0.2) is 17.7 Å². The van der Waals surface area contributed by atoms with E-state index in [-0.39, 0.29) is 5.92 Å². The summed E-state index contributed by atoms with van der Waals surface area (Å²) in [4.78, 5) is 8.42. The van der Waals surface area contributed by atoms with Gasteiger partial charge in [0.15, 0.2) is 0 Å². The van der Waals surface area contributed by atoms with Gasteiger partial charge in [0.05, 0.1) is 24.3 Å². The van der Waals surface area contributed by atoms with E-state index in [1.54, 1.807) is 12.4 Å². The van der Waals surface area contributed by atoms with E-state index in [1.165, 1.54) is 10.6 Å². The number of hydrogen-bond donors (Lipinski definition) is 0. The van der Waals surface area contributed by atoms with Crippen LogP contribution >= 0.6 is 15.9 Å². The van der Waals surface area contributed by atoms with Gasteiger partial charge in [-0.05, 0) is 28.8 Å². The Labute approximate surface area is 109 Å². The summed E-state index contributed by atoms with van der Waals surface area (Å²) >= 11 is 3.23. The predicted octanol–water partition coefficient (Wildman–Crippen LogP) is 1.38. The van der Waals surface area contributed by atoms with Gasteiger partial charge in [0, 0.05) is 19.0 Å². The van der Waals surface area contributed by atoms with Crippen molar-refractivity contribution in [2.75, 3.05) is 19.3 Å². The lowest BCUT2D eigenvalue weighted by atomic mass is 9.96. The molecule has 1 aliphatic heterocycles. The van der Waals surface area contributed by atoms with E-state index in [2.05, 4.69) is 25.9 Å². The second-order valence-electron chi connectivity index (χ2n) is 4.22. The first kappa shape index (κ1) is 12.9. The fraction of sp³-hybridized carbons (Fsp3) is 0.600. The Morgan fingerprint density at radius 2 is 2.18 bits per heavy atom. The molecule has 2 heterocycles. The van der Waals surface area contributed by atoms with Gasteiger partial charge in [-0.15, -0.1) is 0 Å². The summed E-state index contributed by atoms with van der Waals surface area (Å²) in [6, 6.07) is 0. The highest BCUT2D eigenvalue weighted by Crippen LogP contribution is 2.26. The van der Waals surface area contributed by atoms with Gasteiger partial charge in [-0.1, -0.05) is 0 Å². The smallest absolute Gasteiger partial charge is 0.211 e. The molecule has 0 radical (unpaired) electrons. The fourth-order valence-corrected chi connectivity index (χ4v) is 3.13. The standard InChI is InChI=1S/C10H14BrN3O2S/c1-17(15,16)14-4-2-3-8(7-14)9-5-13-10(11)6-12-9/h5-6,8H,2-4,7H2,1H3. The maximum atomic E-state index is 11.5. The second kappa shape index (κ2) is 4.99. The van der Waals surface area contributed by atoms with Crippen molar-refractivity contribution in [2.45, 2.75) is 18.8 Å². The van der Waals surface area contributed by atoms with E-state index in [0.717, 1.165) is 18.5 Å². The van der Waals surface area contributed by atoms with Gasteiger partial charge >= 0.3 is 0 Å². The molecule has 0 bridgehead atoms. The molecule has 17 heavy (non-hydrogen) atoms. The van der Waals surface area contributed by atoms with E-state index in [1.807, 2.05) is 0 Å². The summed E-state index contributed by atoms with van der Waals surface area (Å²) in [5, 5.41) is 0.